The molecule has 0 aliphatic carbocycles. The SMILES string of the molecule is O=C(CCc1ccccc1)Nc1ccn(Cc2cccc(F)c2)n1. The molecule has 0 aliphatic heterocycles. The number of carbonyl (C=O) groups is 1. The van der Waals surface area contributed by atoms with E-state index in [1.165, 1.54) is 12.1 Å². The van der Waals surface area contributed by atoms with E-state index in [0.717, 1.165) is 11.1 Å². The molecule has 3 rings (SSSR count). The van der Waals surface area contributed by atoms with Gasteiger partial charge in [0.2, 0.25) is 5.91 Å². The van der Waals surface area contributed by atoms with Gasteiger partial charge in [0.15, 0.2) is 5.82 Å². The minimum absolute atomic E-state index is 0.0742. The van der Waals surface area contributed by atoms with Crippen LogP contribution in [0.25, 0.3) is 0 Å². The summed E-state index contributed by atoms with van der Waals surface area (Å²) in [6, 6.07) is 18.0. The van der Waals surface area contributed by atoms with Gasteiger partial charge in [-0.05, 0) is 29.7 Å². The summed E-state index contributed by atoms with van der Waals surface area (Å²) >= 11 is 0. The van der Waals surface area contributed by atoms with Crippen LogP contribution in [0, 0.1) is 5.82 Å². The predicted octanol–water partition coefficient (Wildman–Crippen LogP) is 3.64. The highest BCUT2D eigenvalue weighted by Gasteiger charge is 2.06. The highest BCUT2D eigenvalue weighted by Crippen LogP contribution is 2.09. The molecule has 122 valence electrons. The molecule has 0 unspecified atom stereocenters. The molecule has 0 saturated heterocycles. The Kier molecular flexibility index (Phi) is 5.01. The topological polar surface area (TPSA) is 46.9 Å². The van der Waals surface area contributed by atoms with Gasteiger partial charge in [-0.3, -0.25) is 9.48 Å². The molecule has 5 heteroatoms. The van der Waals surface area contributed by atoms with Crippen molar-refractivity contribution in [2.24, 2.45) is 0 Å². The summed E-state index contributed by atoms with van der Waals surface area (Å²) in [6.45, 7) is 0.456. The lowest BCUT2D eigenvalue weighted by Gasteiger charge is -2.04. The van der Waals surface area contributed by atoms with Gasteiger partial charge in [0.1, 0.15) is 5.82 Å². The number of hydrogen-bond donors (Lipinski definition) is 1. The van der Waals surface area contributed by atoms with Gasteiger partial charge in [0.05, 0.1) is 6.54 Å². The van der Waals surface area contributed by atoms with Crippen molar-refractivity contribution in [2.45, 2.75) is 19.4 Å². The standard InChI is InChI=1S/C19H18FN3O/c20-17-8-4-7-16(13-17)14-23-12-11-18(22-23)21-19(24)10-9-15-5-2-1-3-6-15/h1-8,11-13H,9-10,14H2,(H,21,22,24). The first-order valence-electron chi connectivity index (χ1n) is 7.81. The van der Waals surface area contributed by atoms with Crippen LogP contribution in [0.5, 0.6) is 0 Å². The Morgan fingerprint density at radius 1 is 1.04 bits per heavy atom. The highest BCUT2D eigenvalue weighted by molar-refractivity contribution is 5.89. The van der Waals surface area contributed by atoms with Crippen LogP contribution in [0.3, 0.4) is 0 Å². The zero-order chi connectivity index (χ0) is 16.8. The molecule has 0 aliphatic rings. The van der Waals surface area contributed by atoms with Crippen LogP contribution in [0.2, 0.25) is 0 Å². The minimum Gasteiger partial charge on any atom is -0.309 e. The average Bonchev–Trinajstić information content (AvgIpc) is 3.01. The molecule has 0 saturated carbocycles. The molecular weight excluding hydrogens is 305 g/mol. The number of aryl methyl sites for hydroxylation is 1. The van der Waals surface area contributed by atoms with Crippen LogP contribution in [0.4, 0.5) is 10.2 Å². The summed E-state index contributed by atoms with van der Waals surface area (Å²) in [5, 5.41) is 7.08. The molecular formula is C19H18FN3O. The largest absolute Gasteiger partial charge is 0.309 e. The fourth-order valence-electron chi connectivity index (χ4n) is 2.45. The lowest BCUT2D eigenvalue weighted by atomic mass is 10.1. The van der Waals surface area contributed by atoms with Crippen molar-refractivity contribution < 1.29 is 9.18 Å². The quantitative estimate of drug-likeness (QED) is 0.753. The zero-order valence-corrected chi connectivity index (χ0v) is 13.2. The summed E-state index contributed by atoms with van der Waals surface area (Å²) in [7, 11) is 0. The van der Waals surface area contributed by atoms with Crippen LogP contribution in [-0.4, -0.2) is 15.7 Å². The first-order chi connectivity index (χ1) is 11.7. The monoisotopic (exact) mass is 323 g/mol. The van der Waals surface area contributed by atoms with E-state index < -0.39 is 0 Å². The van der Waals surface area contributed by atoms with Crippen LogP contribution >= 0.6 is 0 Å². The summed E-state index contributed by atoms with van der Waals surface area (Å²) in [5.74, 6) is 0.161. The van der Waals surface area contributed by atoms with Gasteiger partial charge in [-0.1, -0.05) is 42.5 Å². The predicted molar refractivity (Wildman–Crippen MR) is 91.1 cm³/mol. The maximum atomic E-state index is 13.2. The van der Waals surface area contributed by atoms with E-state index in [0.29, 0.717) is 25.2 Å². The van der Waals surface area contributed by atoms with E-state index in [1.807, 2.05) is 36.4 Å². The van der Waals surface area contributed by atoms with Crippen molar-refractivity contribution in [1.29, 1.82) is 0 Å². The number of benzene rings is 2. The van der Waals surface area contributed by atoms with Gasteiger partial charge in [-0.15, -0.1) is 0 Å². The normalized spacial score (nSPS) is 10.5. The first kappa shape index (κ1) is 15.9. The summed E-state index contributed by atoms with van der Waals surface area (Å²) in [5.41, 5.74) is 1.95. The van der Waals surface area contributed by atoms with Crippen molar-refractivity contribution >= 4 is 11.7 Å². The number of nitrogens with zero attached hydrogens (tertiary/aromatic N) is 2. The number of nitrogens with one attached hydrogen (secondary N) is 1. The number of aromatic nitrogens is 2. The molecule has 0 spiro atoms. The fourth-order valence-corrected chi connectivity index (χ4v) is 2.45. The second kappa shape index (κ2) is 7.55. The molecule has 1 N–H and O–H groups in total. The number of amides is 1. The highest BCUT2D eigenvalue weighted by atomic mass is 19.1. The first-order valence-corrected chi connectivity index (χ1v) is 7.81. The number of halogens is 1. The number of rotatable bonds is 6. The van der Waals surface area contributed by atoms with Crippen LogP contribution in [-0.2, 0) is 17.8 Å². The minimum atomic E-state index is -0.269. The molecule has 0 fully saturated rings. The third kappa shape index (κ3) is 4.52. The van der Waals surface area contributed by atoms with Crippen LogP contribution in [0.1, 0.15) is 17.5 Å². The Bertz CT molecular complexity index is 814. The molecule has 1 heterocycles. The molecule has 1 aromatic heterocycles. The van der Waals surface area contributed by atoms with Crippen molar-refractivity contribution in [3.63, 3.8) is 0 Å². The molecule has 0 bridgehead atoms. The number of carbonyl (C=O) groups excluding carboxylic acids is 1. The maximum absolute atomic E-state index is 13.2. The molecule has 24 heavy (non-hydrogen) atoms. The van der Waals surface area contributed by atoms with Crippen molar-refractivity contribution in [3.8, 4) is 0 Å². The van der Waals surface area contributed by atoms with Gasteiger partial charge in [-0.25, -0.2) is 4.39 Å². The molecule has 0 radical (unpaired) electrons. The van der Waals surface area contributed by atoms with Gasteiger partial charge in [0, 0.05) is 18.7 Å². The summed E-state index contributed by atoms with van der Waals surface area (Å²) in [6.07, 6.45) is 2.86. The van der Waals surface area contributed by atoms with E-state index in [4.69, 9.17) is 0 Å². The Morgan fingerprint density at radius 3 is 2.62 bits per heavy atom. The summed E-state index contributed by atoms with van der Waals surface area (Å²) < 4.78 is 14.9. The third-order valence-corrected chi connectivity index (χ3v) is 3.63. The fraction of sp³-hybridized carbons (Fsp3) is 0.158. The second-order valence-corrected chi connectivity index (χ2v) is 5.56. The number of hydrogen-bond acceptors (Lipinski definition) is 2. The molecule has 2 aromatic carbocycles. The zero-order valence-electron chi connectivity index (χ0n) is 13.2. The van der Waals surface area contributed by atoms with Crippen molar-refractivity contribution in [3.05, 3.63) is 83.8 Å². The lowest BCUT2D eigenvalue weighted by molar-refractivity contribution is -0.116. The van der Waals surface area contributed by atoms with Crippen LogP contribution < -0.4 is 5.32 Å². The number of anilines is 1. The Morgan fingerprint density at radius 2 is 1.83 bits per heavy atom. The maximum Gasteiger partial charge on any atom is 0.225 e. The van der Waals surface area contributed by atoms with E-state index in [2.05, 4.69) is 10.4 Å². The van der Waals surface area contributed by atoms with Crippen molar-refractivity contribution in [1.82, 2.24) is 9.78 Å². The van der Waals surface area contributed by atoms with Gasteiger partial charge in [0.25, 0.3) is 0 Å². The second-order valence-electron chi connectivity index (χ2n) is 5.56. The van der Waals surface area contributed by atoms with Crippen LogP contribution in [0.15, 0.2) is 66.9 Å². The Hall–Kier alpha value is -2.95. The summed E-state index contributed by atoms with van der Waals surface area (Å²) in [4.78, 5) is 12.0. The van der Waals surface area contributed by atoms with Gasteiger partial charge >= 0.3 is 0 Å². The average molecular weight is 323 g/mol. The molecule has 4 nitrogen and oxygen atoms in total. The molecule has 0 atom stereocenters. The third-order valence-electron chi connectivity index (χ3n) is 3.63. The van der Waals surface area contributed by atoms with E-state index in [-0.39, 0.29) is 11.7 Å². The Balaban J connectivity index is 1.53. The van der Waals surface area contributed by atoms with E-state index in [9.17, 15) is 9.18 Å². The van der Waals surface area contributed by atoms with E-state index >= 15 is 0 Å². The lowest BCUT2D eigenvalue weighted by Crippen LogP contribution is -2.13. The van der Waals surface area contributed by atoms with Gasteiger partial charge < -0.3 is 5.32 Å². The van der Waals surface area contributed by atoms with Gasteiger partial charge in [-0.2, -0.15) is 5.10 Å². The van der Waals surface area contributed by atoms with Crippen molar-refractivity contribution in [2.75, 3.05) is 5.32 Å². The Labute approximate surface area is 139 Å². The smallest absolute Gasteiger partial charge is 0.225 e. The molecule has 1 amide bonds. The van der Waals surface area contributed by atoms with E-state index in [1.54, 1.807) is 23.0 Å². The molecule has 3 aromatic rings.